The highest BCUT2D eigenvalue weighted by molar-refractivity contribution is 5.92. The van der Waals surface area contributed by atoms with Crippen molar-refractivity contribution in [3.05, 3.63) is 77.5 Å². The first-order chi connectivity index (χ1) is 14.6. The molecular weight excluding hydrogens is 389 g/mol. The zero-order valence-corrected chi connectivity index (χ0v) is 16.8. The number of furan rings is 1. The van der Waals surface area contributed by atoms with Crippen molar-refractivity contribution in [1.29, 1.82) is 0 Å². The second-order valence-corrected chi connectivity index (χ2v) is 6.91. The molecule has 1 atom stereocenters. The molecule has 1 aliphatic heterocycles. The van der Waals surface area contributed by atoms with E-state index in [0.717, 1.165) is 11.1 Å². The smallest absolute Gasteiger partial charge is 0.290 e. The van der Waals surface area contributed by atoms with Crippen LogP contribution >= 0.6 is 0 Å². The first kappa shape index (κ1) is 19.8. The number of hydrogen-bond donors (Lipinski definition) is 0. The molecule has 6 nitrogen and oxygen atoms in total. The number of carbonyl (C=O) groups excluding carboxylic acids is 1. The van der Waals surface area contributed by atoms with Gasteiger partial charge in [-0.15, -0.1) is 0 Å². The van der Waals surface area contributed by atoms with Crippen LogP contribution in [0.25, 0.3) is 0 Å². The summed E-state index contributed by atoms with van der Waals surface area (Å²) >= 11 is 0. The molecule has 30 heavy (non-hydrogen) atoms. The van der Waals surface area contributed by atoms with E-state index in [1.807, 2.05) is 12.1 Å². The van der Waals surface area contributed by atoms with E-state index in [1.54, 1.807) is 43.4 Å². The van der Waals surface area contributed by atoms with Crippen LogP contribution in [0.1, 0.15) is 27.7 Å². The van der Waals surface area contributed by atoms with Crippen LogP contribution in [-0.2, 0) is 6.42 Å². The second-order valence-electron chi connectivity index (χ2n) is 6.91. The number of nitrogens with zero attached hydrogens (tertiary/aromatic N) is 1. The lowest BCUT2D eigenvalue weighted by molar-refractivity contribution is 0.0557. The summed E-state index contributed by atoms with van der Waals surface area (Å²) in [5.74, 6) is 1.46. The number of amides is 1. The van der Waals surface area contributed by atoms with Gasteiger partial charge in [-0.1, -0.05) is 0 Å². The zero-order valence-electron chi connectivity index (χ0n) is 16.8. The molecule has 0 saturated heterocycles. The SMILES string of the molecule is COc1cc2c(cc1OC)[C@@H](COc1ccc(F)cc1)N(C(=O)c1ccco1)CC2. The summed E-state index contributed by atoms with van der Waals surface area (Å²) in [5.41, 5.74) is 1.98. The highest BCUT2D eigenvalue weighted by Crippen LogP contribution is 2.39. The van der Waals surface area contributed by atoms with Crippen LogP contribution in [-0.4, -0.2) is 38.2 Å². The lowest BCUT2D eigenvalue weighted by atomic mass is 9.92. The Balaban J connectivity index is 1.69. The first-order valence-electron chi connectivity index (χ1n) is 9.58. The van der Waals surface area contributed by atoms with Crippen molar-refractivity contribution in [2.45, 2.75) is 12.5 Å². The fourth-order valence-corrected chi connectivity index (χ4v) is 3.70. The Labute approximate surface area is 173 Å². The Hall–Kier alpha value is -3.48. The van der Waals surface area contributed by atoms with E-state index in [1.165, 1.54) is 18.4 Å². The quantitative estimate of drug-likeness (QED) is 0.607. The first-order valence-corrected chi connectivity index (χ1v) is 9.58. The van der Waals surface area contributed by atoms with Crippen molar-refractivity contribution in [2.75, 3.05) is 27.4 Å². The van der Waals surface area contributed by atoms with E-state index in [-0.39, 0.29) is 30.1 Å². The predicted molar refractivity (Wildman–Crippen MR) is 108 cm³/mol. The van der Waals surface area contributed by atoms with E-state index in [9.17, 15) is 9.18 Å². The summed E-state index contributed by atoms with van der Waals surface area (Å²) in [5, 5.41) is 0. The van der Waals surface area contributed by atoms with Gasteiger partial charge in [-0.25, -0.2) is 4.39 Å². The third-order valence-corrected chi connectivity index (χ3v) is 5.22. The fraction of sp³-hybridized carbons (Fsp3) is 0.261. The Kier molecular flexibility index (Phi) is 5.61. The van der Waals surface area contributed by atoms with Crippen molar-refractivity contribution in [1.82, 2.24) is 4.90 Å². The second kappa shape index (κ2) is 8.49. The van der Waals surface area contributed by atoms with E-state index in [0.29, 0.717) is 30.2 Å². The van der Waals surface area contributed by atoms with Crippen LogP contribution < -0.4 is 14.2 Å². The fourth-order valence-electron chi connectivity index (χ4n) is 3.70. The van der Waals surface area contributed by atoms with Crippen molar-refractivity contribution in [3.8, 4) is 17.2 Å². The topological polar surface area (TPSA) is 61.1 Å². The van der Waals surface area contributed by atoms with Gasteiger partial charge < -0.3 is 23.5 Å². The lowest BCUT2D eigenvalue weighted by Gasteiger charge is -2.37. The third-order valence-electron chi connectivity index (χ3n) is 5.22. The summed E-state index contributed by atoms with van der Waals surface area (Å²) in [6.07, 6.45) is 2.14. The van der Waals surface area contributed by atoms with Crippen LogP contribution in [0.5, 0.6) is 17.2 Å². The highest BCUT2D eigenvalue weighted by Gasteiger charge is 2.34. The Bertz CT molecular complexity index is 1020. The summed E-state index contributed by atoms with van der Waals surface area (Å²) in [7, 11) is 3.16. The molecule has 2 heterocycles. The standard InChI is InChI=1S/C23H22FNO5/c1-27-21-12-15-9-10-25(23(26)20-4-3-11-29-20)19(18(15)13-22(21)28-2)14-30-17-7-5-16(24)6-8-17/h3-8,11-13,19H,9-10,14H2,1-2H3/t19-/m1/s1. The minimum atomic E-state index is -0.379. The molecule has 0 N–H and O–H groups in total. The van der Waals surface area contributed by atoms with Gasteiger partial charge in [-0.3, -0.25) is 4.79 Å². The maximum absolute atomic E-state index is 13.2. The number of benzene rings is 2. The van der Waals surface area contributed by atoms with Gasteiger partial charge in [0, 0.05) is 6.54 Å². The molecule has 0 aliphatic carbocycles. The van der Waals surface area contributed by atoms with Crippen LogP contribution in [0.2, 0.25) is 0 Å². The molecule has 0 bridgehead atoms. The molecule has 156 valence electrons. The number of halogens is 1. The Morgan fingerprint density at radius 1 is 1.13 bits per heavy atom. The van der Waals surface area contributed by atoms with Crippen molar-refractivity contribution in [2.24, 2.45) is 0 Å². The predicted octanol–water partition coefficient (Wildman–Crippen LogP) is 4.25. The van der Waals surface area contributed by atoms with Crippen LogP contribution in [0.3, 0.4) is 0 Å². The molecule has 4 rings (SSSR count). The number of hydrogen-bond acceptors (Lipinski definition) is 5. The highest BCUT2D eigenvalue weighted by atomic mass is 19.1. The number of methoxy groups -OCH3 is 2. The van der Waals surface area contributed by atoms with Gasteiger partial charge in [0.25, 0.3) is 5.91 Å². The molecular formula is C23H22FNO5. The average molecular weight is 411 g/mol. The van der Waals surface area contributed by atoms with E-state index < -0.39 is 0 Å². The molecule has 7 heteroatoms. The largest absolute Gasteiger partial charge is 0.493 e. The van der Waals surface area contributed by atoms with Crippen LogP contribution in [0.4, 0.5) is 4.39 Å². The van der Waals surface area contributed by atoms with Gasteiger partial charge in [-0.2, -0.15) is 0 Å². The van der Waals surface area contributed by atoms with Crippen LogP contribution in [0, 0.1) is 5.82 Å². The zero-order chi connectivity index (χ0) is 21.1. The summed E-state index contributed by atoms with van der Waals surface area (Å²) in [4.78, 5) is 14.8. The van der Waals surface area contributed by atoms with Crippen molar-refractivity contribution in [3.63, 3.8) is 0 Å². The Morgan fingerprint density at radius 2 is 1.87 bits per heavy atom. The molecule has 0 saturated carbocycles. The minimum absolute atomic E-state index is 0.195. The molecule has 0 spiro atoms. The normalized spacial score (nSPS) is 15.4. The molecule has 1 amide bonds. The van der Waals surface area contributed by atoms with Gasteiger partial charge in [0.1, 0.15) is 18.2 Å². The molecule has 1 aromatic heterocycles. The number of rotatable bonds is 6. The number of fused-ring (bicyclic) bond motifs is 1. The maximum atomic E-state index is 13.2. The average Bonchev–Trinajstić information content (AvgIpc) is 3.32. The molecule has 0 fully saturated rings. The summed E-state index contributed by atoms with van der Waals surface area (Å²) < 4.78 is 35.3. The summed E-state index contributed by atoms with van der Waals surface area (Å²) in [6.45, 7) is 0.694. The molecule has 0 unspecified atom stereocenters. The van der Waals surface area contributed by atoms with Gasteiger partial charge in [0.15, 0.2) is 17.3 Å². The number of ether oxygens (including phenoxy) is 3. The van der Waals surface area contributed by atoms with E-state index >= 15 is 0 Å². The van der Waals surface area contributed by atoms with Gasteiger partial charge in [0.05, 0.1) is 26.5 Å². The molecule has 0 radical (unpaired) electrons. The van der Waals surface area contributed by atoms with Crippen molar-refractivity contribution >= 4 is 5.91 Å². The molecule has 3 aromatic rings. The van der Waals surface area contributed by atoms with Gasteiger partial charge in [0.2, 0.25) is 0 Å². The Morgan fingerprint density at radius 3 is 2.53 bits per heavy atom. The van der Waals surface area contributed by atoms with Gasteiger partial charge in [-0.05, 0) is 66.1 Å². The third kappa shape index (κ3) is 3.83. The summed E-state index contributed by atoms with van der Waals surface area (Å²) in [6, 6.07) is 12.6. The maximum Gasteiger partial charge on any atom is 0.290 e. The molecule has 1 aliphatic rings. The monoisotopic (exact) mass is 411 g/mol. The van der Waals surface area contributed by atoms with Crippen LogP contribution in [0.15, 0.2) is 59.2 Å². The van der Waals surface area contributed by atoms with Gasteiger partial charge >= 0.3 is 0 Å². The van der Waals surface area contributed by atoms with Crippen molar-refractivity contribution < 1.29 is 27.8 Å². The minimum Gasteiger partial charge on any atom is -0.493 e. The van der Waals surface area contributed by atoms with E-state index in [2.05, 4.69) is 0 Å². The lowest BCUT2D eigenvalue weighted by Crippen LogP contribution is -2.42. The number of carbonyl (C=O) groups is 1. The molecule has 2 aromatic carbocycles. The van der Waals surface area contributed by atoms with E-state index in [4.69, 9.17) is 18.6 Å².